The van der Waals surface area contributed by atoms with Crippen LogP contribution in [0.3, 0.4) is 0 Å². The van der Waals surface area contributed by atoms with Crippen LogP contribution in [0.2, 0.25) is 0 Å². The van der Waals surface area contributed by atoms with Gasteiger partial charge in [-0.05, 0) is 31.6 Å². The lowest BCUT2D eigenvalue weighted by Gasteiger charge is -2.17. The topological polar surface area (TPSA) is 54.8 Å². The van der Waals surface area contributed by atoms with Crippen molar-refractivity contribution in [3.63, 3.8) is 0 Å². The predicted octanol–water partition coefficient (Wildman–Crippen LogP) is 3.72. The van der Waals surface area contributed by atoms with Gasteiger partial charge in [0, 0.05) is 17.0 Å². The highest BCUT2D eigenvalue weighted by Crippen LogP contribution is 2.21. The molecule has 0 radical (unpaired) electrons. The molecule has 0 atom stereocenters. The molecule has 0 saturated carbocycles. The molecule has 2 aliphatic rings. The molecule has 1 aliphatic heterocycles. The highest BCUT2D eigenvalue weighted by Gasteiger charge is 2.16. The molecule has 1 aromatic rings. The highest BCUT2D eigenvalue weighted by atomic mass is 15.4. The molecule has 3 rings (SSSR count). The summed E-state index contributed by atoms with van der Waals surface area (Å²) >= 11 is 0. The van der Waals surface area contributed by atoms with Crippen LogP contribution in [0.4, 0.5) is 5.95 Å². The number of hydrogen-bond donors (Lipinski definition) is 2. The molecule has 0 bridgehead atoms. The Bertz CT molecular complexity index is 830. The summed E-state index contributed by atoms with van der Waals surface area (Å²) in [4.78, 5) is 4.65. The second-order valence-electron chi connectivity index (χ2n) is 5.95. The van der Waals surface area contributed by atoms with E-state index in [1.807, 2.05) is 10.8 Å². The number of nitrogens with one attached hydrogen (secondary N) is 2. The fourth-order valence-electron chi connectivity index (χ4n) is 2.59. The maximum Gasteiger partial charge on any atom is 0.226 e. The largest absolute Gasteiger partial charge is 0.380 e. The van der Waals surface area contributed by atoms with Gasteiger partial charge in [0.05, 0.1) is 13.1 Å². The van der Waals surface area contributed by atoms with E-state index in [-0.39, 0.29) is 0 Å². The van der Waals surface area contributed by atoms with Crippen molar-refractivity contribution in [2.75, 3.05) is 11.9 Å². The van der Waals surface area contributed by atoms with Crippen molar-refractivity contribution in [2.24, 2.45) is 0 Å². The molecule has 0 spiro atoms. The van der Waals surface area contributed by atoms with Gasteiger partial charge in [0.15, 0.2) is 5.82 Å². The molecule has 5 nitrogen and oxygen atoms in total. The van der Waals surface area contributed by atoms with Gasteiger partial charge in [-0.15, -0.1) is 5.10 Å². The third kappa shape index (κ3) is 4.07. The molecular weight excluding hydrogens is 310 g/mol. The van der Waals surface area contributed by atoms with E-state index in [9.17, 15) is 0 Å². The minimum atomic E-state index is 0.665. The van der Waals surface area contributed by atoms with Crippen LogP contribution in [-0.2, 0) is 6.54 Å². The number of rotatable bonds is 6. The van der Waals surface area contributed by atoms with Crippen LogP contribution in [0.15, 0.2) is 78.7 Å². The first-order chi connectivity index (χ1) is 12.2. The quantitative estimate of drug-likeness (QED) is 0.779. The Labute approximate surface area is 148 Å². The molecule has 25 heavy (non-hydrogen) atoms. The summed E-state index contributed by atoms with van der Waals surface area (Å²) < 4.78 is 1.88. The van der Waals surface area contributed by atoms with Gasteiger partial charge in [-0.2, -0.15) is 4.98 Å². The minimum absolute atomic E-state index is 0.665. The average molecular weight is 333 g/mol. The summed E-state index contributed by atoms with van der Waals surface area (Å²) in [6, 6.07) is 0. The van der Waals surface area contributed by atoms with E-state index in [2.05, 4.69) is 71.2 Å². The summed E-state index contributed by atoms with van der Waals surface area (Å²) in [5, 5.41) is 11.2. The van der Waals surface area contributed by atoms with E-state index >= 15 is 0 Å². The highest BCUT2D eigenvalue weighted by molar-refractivity contribution is 5.72. The molecule has 2 heterocycles. The van der Waals surface area contributed by atoms with Gasteiger partial charge in [-0.25, -0.2) is 4.68 Å². The standard InChI is InChI=1S/C20H23N5/c1-4-7-17(5-2)21-14-18-12-13-25-20(22-18)23-19(24-25)16-9-6-8-15(3)10-11-16/h4-7,9-12,21H,1-2,8,13-14H2,3H3,(H,22,23,24)/b17-7+. The number of nitrogens with zero attached hydrogens (tertiary/aromatic N) is 3. The Morgan fingerprint density at radius 3 is 3.08 bits per heavy atom. The molecule has 1 aliphatic carbocycles. The van der Waals surface area contributed by atoms with Gasteiger partial charge in [0.1, 0.15) is 0 Å². The summed E-state index contributed by atoms with van der Waals surface area (Å²) in [6.45, 7) is 11.0. The third-order valence-corrected chi connectivity index (χ3v) is 4.00. The van der Waals surface area contributed by atoms with E-state index in [0.717, 1.165) is 35.2 Å². The van der Waals surface area contributed by atoms with Gasteiger partial charge < -0.3 is 10.6 Å². The van der Waals surface area contributed by atoms with Crippen LogP contribution in [0.5, 0.6) is 0 Å². The second-order valence-corrected chi connectivity index (χ2v) is 5.95. The van der Waals surface area contributed by atoms with E-state index < -0.39 is 0 Å². The monoisotopic (exact) mass is 333 g/mol. The fourth-order valence-corrected chi connectivity index (χ4v) is 2.59. The zero-order valence-corrected chi connectivity index (χ0v) is 14.5. The third-order valence-electron chi connectivity index (χ3n) is 4.00. The van der Waals surface area contributed by atoms with Crippen molar-refractivity contribution in [1.82, 2.24) is 20.1 Å². The van der Waals surface area contributed by atoms with Crippen LogP contribution in [0.1, 0.15) is 19.2 Å². The van der Waals surface area contributed by atoms with Crippen LogP contribution in [0.25, 0.3) is 5.57 Å². The fraction of sp³-hybridized carbons (Fsp3) is 0.200. The molecule has 0 amide bonds. The summed E-state index contributed by atoms with van der Waals surface area (Å²) in [5.41, 5.74) is 4.35. The van der Waals surface area contributed by atoms with Gasteiger partial charge >= 0.3 is 0 Å². The van der Waals surface area contributed by atoms with E-state index in [0.29, 0.717) is 13.1 Å². The molecular formula is C20H23N5. The van der Waals surface area contributed by atoms with Crippen LogP contribution >= 0.6 is 0 Å². The van der Waals surface area contributed by atoms with Crippen LogP contribution in [0, 0.1) is 0 Å². The molecule has 128 valence electrons. The number of anilines is 1. The maximum atomic E-state index is 4.65. The van der Waals surface area contributed by atoms with Crippen molar-refractivity contribution in [3.05, 3.63) is 84.6 Å². The summed E-state index contributed by atoms with van der Waals surface area (Å²) in [7, 11) is 0. The number of fused-ring (bicyclic) bond motifs is 1. The summed E-state index contributed by atoms with van der Waals surface area (Å²) in [6.07, 6.45) is 16.9. The second kappa shape index (κ2) is 7.66. The Balaban J connectivity index is 1.70. The van der Waals surface area contributed by atoms with Crippen molar-refractivity contribution in [2.45, 2.75) is 19.9 Å². The number of hydrogen-bond acceptors (Lipinski definition) is 4. The molecule has 2 N–H and O–H groups in total. The first-order valence-electron chi connectivity index (χ1n) is 8.34. The first-order valence-corrected chi connectivity index (χ1v) is 8.34. The van der Waals surface area contributed by atoms with Gasteiger partial charge in [-0.3, -0.25) is 0 Å². The van der Waals surface area contributed by atoms with E-state index in [1.165, 1.54) is 5.57 Å². The Morgan fingerprint density at radius 1 is 1.40 bits per heavy atom. The van der Waals surface area contributed by atoms with E-state index in [1.54, 1.807) is 12.2 Å². The molecule has 1 aromatic heterocycles. The SMILES string of the molecule is C=C/C=C(\C=C)NCC1=CCn2nc(C3=CC=C(C)CC=C3)nc2N1. The van der Waals surface area contributed by atoms with Crippen molar-refractivity contribution >= 4 is 11.5 Å². The van der Waals surface area contributed by atoms with Crippen molar-refractivity contribution in [3.8, 4) is 0 Å². The molecule has 0 aromatic carbocycles. The van der Waals surface area contributed by atoms with Crippen molar-refractivity contribution in [1.29, 1.82) is 0 Å². The first kappa shape index (κ1) is 16.8. The van der Waals surface area contributed by atoms with Gasteiger partial charge in [-0.1, -0.05) is 49.1 Å². The molecule has 0 unspecified atom stereocenters. The summed E-state index contributed by atoms with van der Waals surface area (Å²) in [5.74, 6) is 1.51. The molecule has 0 fully saturated rings. The van der Waals surface area contributed by atoms with E-state index in [4.69, 9.17) is 0 Å². The zero-order valence-electron chi connectivity index (χ0n) is 14.5. The Morgan fingerprint density at radius 2 is 2.28 bits per heavy atom. The Kier molecular flexibility index (Phi) is 5.14. The normalized spacial score (nSPS) is 16.7. The smallest absolute Gasteiger partial charge is 0.226 e. The molecule has 0 saturated heterocycles. The lowest BCUT2D eigenvalue weighted by Crippen LogP contribution is -2.23. The van der Waals surface area contributed by atoms with Crippen molar-refractivity contribution < 1.29 is 0 Å². The number of allylic oxidation sites excluding steroid dienone is 10. The lowest BCUT2D eigenvalue weighted by atomic mass is 10.2. The lowest BCUT2D eigenvalue weighted by molar-refractivity contribution is 0.682. The van der Waals surface area contributed by atoms with Crippen LogP contribution < -0.4 is 10.6 Å². The zero-order chi connectivity index (χ0) is 17.6. The van der Waals surface area contributed by atoms with Gasteiger partial charge in [0.2, 0.25) is 5.95 Å². The Hall–Kier alpha value is -3.08. The van der Waals surface area contributed by atoms with Crippen LogP contribution in [-0.4, -0.2) is 21.3 Å². The van der Waals surface area contributed by atoms with Gasteiger partial charge in [0.25, 0.3) is 0 Å². The maximum absolute atomic E-state index is 4.65. The molecule has 5 heteroatoms. The average Bonchev–Trinajstić information content (AvgIpc) is 2.92. The predicted molar refractivity (Wildman–Crippen MR) is 104 cm³/mol. The minimum Gasteiger partial charge on any atom is -0.380 e. The number of aromatic nitrogens is 3.